The van der Waals surface area contributed by atoms with E-state index in [2.05, 4.69) is 12.2 Å². The molecule has 1 rings (SSSR count). The van der Waals surface area contributed by atoms with Gasteiger partial charge in [-0.05, 0) is 63.3 Å². The molecule has 0 aliphatic rings. The molecule has 0 aliphatic carbocycles. The third-order valence-electron chi connectivity index (χ3n) is 4.78. The molecule has 5 heteroatoms. The van der Waals surface area contributed by atoms with Crippen LogP contribution in [-0.4, -0.2) is 30.3 Å². The number of carboxylic acid groups (broad SMARTS) is 1. The maximum atomic E-state index is 11.5. The molecule has 2 N–H and O–H groups in total. The third kappa shape index (κ3) is 5.99. The first-order valence-electron chi connectivity index (χ1n) is 8.70. The van der Waals surface area contributed by atoms with E-state index in [-0.39, 0.29) is 6.04 Å². The highest BCUT2D eigenvalue weighted by Crippen LogP contribution is 2.26. The minimum atomic E-state index is -0.714. The van der Waals surface area contributed by atoms with Crippen molar-refractivity contribution in [3.63, 3.8) is 0 Å². The molecule has 0 aromatic heterocycles. The second kappa shape index (κ2) is 9.90. The average molecular weight is 356 g/mol. The zero-order valence-corrected chi connectivity index (χ0v) is 15.9. The number of ether oxygens (including phenoxy) is 1. The predicted molar refractivity (Wildman–Crippen MR) is 99.0 cm³/mol. The Kier molecular flexibility index (Phi) is 8.57. The van der Waals surface area contributed by atoms with Crippen molar-refractivity contribution in [3.05, 3.63) is 28.8 Å². The fourth-order valence-corrected chi connectivity index (χ4v) is 2.75. The minimum Gasteiger partial charge on any atom is -0.494 e. The van der Waals surface area contributed by atoms with Gasteiger partial charge in [0.1, 0.15) is 5.75 Å². The number of nitrogens with one attached hydrogen (secondary N) is 1. The van der Waals surface area contributed by atoms with E-state index < -0.39 is 11.4 Å². The van der Waals surface area contributed by atoms with Crippen LogP contribution < -0.4 is 10.1 Å². The fourth-order valence-electron chi connectivity index (χ4n) is 2.64. The van der Waals surface area contributed by atoms with Crippen LogP contribution in [0.2, 0.25) is 5.02 Å². The molecule has 0 fully saturated rings. The molecule has 1 aromatic rings. The average Bonchev–Trinajstić information content (AvgIpc) is 2.56. The van der Waals surface area contributed by atoms with Gasteiger partial charge in [0, 0.05) is 17.6 Å². The summed E-state index contributed by atoms with van der Waals surface area (Å²) >= 11 is 6.00. The van der Waals surface area contributed by atoms with E-state index in [1.54, 1.807) is 0 Å². The molecule has 0 amide bonds. The zero-order valence-electron chi connectivity index (χ0n) is 15.2. The van der Waals surface area contributed by atoms with E-state index in [9.17, 15) is 9.90 Å². The van der Waals surface area contributed by atoms with Crippen molar-refractivity contribution in [2.45, 2.75) is 59.4 Å². The Morgan fingerprint density at radius 1 is 1.38 bits per heavy atom. The molecule has 1 aromatic carbocycles. The van der Waals surface area contributed by atoms with E-state index in [1.165, 1.54) is 0 Å². The van der Waals surface area contributed by atoms with E-state index in [0.29, 0.717) is 26.0 Å². The second-order valence-electron chi connectivity index (χ2n) is 6.48. The number of aliphatic carboxylic acids is 1. The van der Waals surface area contributed by atoms with Crippen LogP contribution in [0.5, 0.6) is 5.75 Å². The summed E-state index contributed by atoms with van der Waals surface area (Å²) in [6.45, 7) is 9.06. The Balaban J connectivity index is 2.32. The molecule has 0 saturated heterocycles. The Bertz CT molecular complexity index is 529. The van der Waals surface area contributed by atoms with Crippen LogP contribution in [0.4, 0.5) is 0 Å². The molecule has 0 aliphatic heterocycles. The topological polar surface area (TPSA) is 58.6 Å². The molecule has 1 atom stereocenters. The van der Waals surface area contributed by atoms with Crippen LogP contribution in [0, 0.1) is 12.3 Å². The van der Waals surface area contributed by atoms with Crippen molar-refractivity contribution >= 4 is 17.6 Å². The van der Waals surface area contributed by atoms with Gasteiger partial charge >= 0.3 is 5.97 Å². The monoisotopic (exact) mass is 355 g/mol. The Labute approximate surface area is 150 Å². The molecule has 4 nitrogen and oxygen atoms in total. The molecule has 0 radical (unpaired) electrons. The van der Waals surface area contributed by atoms with Gasteiger partial charge in [0.05, 0.1) is 12.0 Å². The quantitative estimate of drug-likeness (QED) is 0.566. The standard InChI is InChI=1S/C19H30ClNO3/c1-5-19(6-2,18(22)23)13-21-15(4)8-7-11-24-16-9-10-17(20)14(3)12-16/h9-10,12,15,21H,5-8,11,13H2,1-4H3,(H,22,23). The molecule has 0 heterocycles. The summed E-state index contributed by atoms with van der Waals surface area (Å²) in [4.78, 5) is 11.5. The van der Waals surface area contributed by atoms with Gasteiger partial charge in [0.2, 0.25) is 0 Å². The van der Waals surface area contributed by atoms with Gasteiger partial charge in [-0.1, -0.05) is 25.4 Å². The minimum absolute atomic E-state index is 0.261. The summed E-state index contributed by atoms with van der Waals surface area (Å²) < 4.78 is 5.74. The number of hydrogen-bond donors (Lipinski definition) is 2. The van der Waals surface area contributed by atoms with Gasteiger partial charge in [-0.3, -0.25) is 4.79 Å². The van der Waals surface area contributed by atoms with Gasteiger partial charge in [-0.25, -0.2) is 0 Å². The first kappa shape index (κ1) is 20.8. The van der Waals surface area contributed by atoms with Gasteiger partial charge in [0.15, 0.2) is 0 Å². The molecule has 0 bridgehead atoms. The van der Waals surface area contributed by atoms with E-state index in [4.69, 9.17) is 16.3 Å². The second-order valence-corrected chi connectivity index (χ2v) is 6.88. The first-order valence-corrected chi connectivity index (χ1v) is 9.08. The van der Waals surface area contributed by atoms with Crippen LogP contribution >= 0.6 is 11.6 Å². The lowest BCUT2D eigenvalue weighted by Crippen LogP contribution is -2.43. The fraction of sp³-hybridized carbons (Fsp3) is 0.632. The number of carboxylic acids is 1. The highest BCUT2D eigenvalue weighted by molar-refractivity contribution is 6.31. The molecule has 0 saturated carbocycles. The zero-order chi connectivity index (χ0) is 18.2. The van der Waals surface area contributed by atoms with Crippen molar-refractivity contribution < 1.29 is 14.6 Å². The summed E-state index contributed by atoms with van der Waals surface area (Å²) in [5, 5.41) is 13.6. The maximum absolute atomic E-state index is 11.5. The number of halogens is 1. The lowest BCUT2D eigenvalue weighted by molar-refractivity contribution is -0.149. The maximum Gasteiger partial charge on any atom is 0.310 e. The normalized spacial score (nSPS) is 12.9. The molecule has 136 valence electrons. The summed E-state index contributed by atoms with van der Waals surface area (Å²) in [5.74, 6) is 0.119. The van der Waals surface area contributed by atoms with Gasteiger partial charge < -0.3 is 15.2 Å². The lowest BCUT2D eigenvalue weighted by Gasteiger charge is -2.28. The van der Waals surface area contributed by atoms with E-state index >= 15 is 0 Å². The molecule has 0 spiro atoms. The first-order chi connectivity index (χ1) is 11.3. The number of benzene rings is 1. The van der Waals surface area contributed by atoms with Crippen molar-refractivity contribution in [3.8, 4) is 5.75 Å². The van der Waals surface area contributed by atoms with E-state index in [0.717, 1.165) is 29.2 Å². The van der Waals surface area contributed by atoms with Crippen molar-refractivity contribution in [2.75, 3.05) is 13.2 Å². The van der Waals surface area contributed by atoms with Gasteiger partial charge in [-0.2, -0.15) is 0 Å². The Hall–Kier alpha value is -1.26. The molecule has 1 unspecified atom stereocenters. The number of aryl methyl sites for hydroxylation is 1. The van der Waals surface area contributed by atoms with Crippen LogP contribution in [0.25, 0.3) is 0 Å². The summed E-state index contributed by atoms with van der Waals surface area (Å²) in [5.41, 5.74) is 0.347. The summed E-state index contributed by atoms with van der Waals surface area (Å²) in [7, 11) is 0. The van der Waals surface area contributed by atoms with Crippen LogP contribution in [-0.2, 0) is 4.79 Å². The molecular formula is C19H30ClNO3. The smallest absolute Gasteiger partial charge is 0.310 e. The van der Waals surface area contributed by atoms with Crippen molar-refractivity contribution in [2.24, 2.45) is 5.41 Å². The number of hydrogen-bond acceptors (Lipinski definition) is 3. The van der Waals surface area contributed by atoms with Crippen molar-refractivity contribution in [1.29, 1.82) is 0 Å². The Morgan fingerprint density at radius 2 is 2.04 bits per heavy atom. The summed E-state index contributed by atoms with van der Waals surface area (Å²) in [6, 6.07) is 5.92. The number of rotatable bonds is 11. The predicted octanol–water partition coefficient (Wildman–Crippen LogP) is 4.68. The van der Waals surface area contributed by atoms with Gasteiger partial charge in [0.25, 0.3) is 0 Å². The molecular weight excluding hydrogens is 326 g/mol. The SMILES string of the molecule is CCC(CC)(CNC(C)CCCOc1ccc(Cl)c(C)c1)C(=O)O. The largest absolute Gasteiger partial charge is 0.494 e. The van der Waals surface area contributed by atoms with Crippen LogP contribution in [0.1, 0.15) is 52.0 Å². The highest BCUT2D eigenvalue weighted by Gasteiger charge is 2.34. The van der Waals surface area contributed by atoms with Gasteiger partial charge in [-0.15, -0.1) is 0 Å². The van der Waals surface area contributed by atoms with Crippen LogP contribution in [0.3, 0.4) is 0 Å². The summed E-state index contributed by atoms with van der Waals surface area (Å²) in [6.07, 6.45) is 3.12. The lowest BCUT2D eigenvalue weighted by atomic mass is 9.82. The highest BCUT2D eigenvalue weighted by atomic mass is 35.5. The van der Waals surface area contributed by atoms with Crippen molar-refractivity contribution in [1.82, 2.24) is 5.32 Å². The number of carbonyl (C=O) groups is 1. The van der Waals surface area contributed by atoms with E-state index in [1.807, 2.05) is 39.0 Å². The Morgan fingerprint density at radius 3 is 2.58 bits per heavy atom. The van der Waals surface area contributed by atoms with Crippen LogP contribution in [0.15, 0.2) is 18.2 Å². The third-order valence-corrected chi connectivity index (χ3v) is 5.20. The molecule has 24 heavy (non-hydrogen) atoms.